The van der Waals surface area contributed by atoms with E-state index in [2.05, 4.69) is 28.4 Å². The SMILES string of the molecule is C[C@@H]1CN(Cc2cc3c(c(C4CC4)n2)CN(c2cccc(C4(Cc5nncn5C)CC(C#N)C4)c2)C3=O)CCC1(F)F. The summed E-state index contributed by atoms with van der Waals surface area (Å²) in [5.74, 6) is -2.15. The summed E-state index contributed by atoms with van der Waals surface area (Å²) in [7, 11) is 1.93. The molecule has 2 saturated carbocycles. The summed E-state index contributed by atoms with van der Waals surface area (Å²) in [6, 6.07) is 12.5. The molecule has 1 saturated heterocycles. The number of alkyl halides is 2. The molecule has 2 aliphatic carbocycles. The molecule has 3 aromatic rings. The Kier molecular flexibility index (Phi) is 6.42. The zero-order chi connectivity index (χ0) is 29.2. The fourth-order valence-electron chi connectivity index (χ4n) is 7.13. The van der Waals surface area contributed by atoms with Gasteiger partial charge in [-0.05, 0) is 49.4 Å². The molecule has 0 bridgehead atoms. The number of hydrogen-bond donors (Lipinski definition) is 0. The summed E-state index contributed by atoms with van der Waals surface area (Å²) in [4.78, 5) is 22.8. The van der Waals surface area contributed by atoms with E-state index in [0.717, 1.165) is 59.7 Å². The number of pyridine rings is 1. The lowest BCUT2D eigenvalue weighted by molar-refractivity contribution is -0.100. The quantitative estimate of drug-likeness (QED) is 0.390. The van der Waals surface area contributed by atoms with Crippen LogP contribution in [0.25, 0.3) is 0 Å². The van der Waals surface area contributed by atoms with Crippen molar-refractivity contribution in [2.24, 2.45) is 18.9 Å². The Bertz CT molecular complexity index is 1580. The molecule has 1 atom stereocenters. The molecule has 0 N–H and O–H groups in total. The summed E-state index contributed by atoms with van der Waals surface area (Å²) < 4.78 is 30.1. The number of nitrogens with zero attached hydrogens (tertiary/aromatic N) is 7. The lowest BCUT2D eigenvalue weighted by Gasteiger charge is -2.45. The molecule has 10 heteroatoms. The Labute approximate surface area is 244 Å². The Hall–Kier alpha value is -3.71. The van der Waals surface area contributed by atoms with E-state index in [1.165, 1.54) is 0 Å². The third-order valence-corrected chi connectivity index (χ3v) is 9.89. The van der Waals surface area contributed by atoms with Crippen molar-refractivity contribution in [3.8, 4) is 6.07 Å². The van der Waals surface area contributed by atoms with Crippen LogP contribution in [0.15, 0.2) is 36.7 Å². The molecule has 4 heterocycles. The van der Waals surface area contributed by atoms with Gasteiger partial charge < -0.3 is 9.47 Å². The average molecular weight is 572 g/mol. The lowest BCUT2D eigenvalue weighted by atomic mass is 9.57. The number of halogens is 2. The number of benzene rings is 1. The van der Waals surface area contributed by atoms with Crippen LogP contribution in [-0.2, 0) is 32.0 Å². The molecule has 4 aliphatic rings. The summed E-state index contributed by atoms with van der Waals surface area (Å²) >= 11 is 0. The summed E-state index contributed by atoms with van der Waals surface area (Å²) in [6.07, 6.45) is 5.84. The number of aryl methyl sites for hydroxylation is 1. The van der Waals surface area contributed by atoms with E-state index in [4.69, 9.17) is 4.98 Å². The lowest BCUT2D eigenvalue weighted by Crippen LogP contribution is -2.45. The summed E-state index contributed by atoms with van der Waals surface area (Å²) in [6.45, 7) is 3.20. The minimum absolute atomic E-state index is 0.000674. The van der Waals surface area contributed by atoms with Gasteiger partial charge in [0, 0.05) is 85.2 Å². The smallest absolute Gasteiger partial charge is 0.259 e. The van der Waals surface area contributed by atoms with Gasteiger partial charge in [-0.2, -0.15) is 5.26 Å². The fourth-order valence-corrected chi connectivity index (χ4v) is 7.13. The number of nitriles is 1. The Morgan fingerprint density at radius 2 is 2.00 bits per heavy atom. The number of aromatic nitrogens is 4. The molecule has 42 heavy (non-hydrogen) atoms. The number of anilines is 1. The van der Waals surface area contributed by atoms with E-state index >= 15 is 0 Å². The largest absolute Gasteiger partial charge is 0.321 e. The highest BCUT2D eigenvalue weighted by molar-refractivity contribution is 6.10. The number of piperidine rings is 1. The second-order valence-corrected chi connectivity index (χ2v) is 12.9. The molecule has 0 unspecified atom stereocenters. The van der Waals surface area contributed by atoms with Crippen LogP contribution in [0.4, 0.5) is 14.5 Å². The Morgan fingerprint density at radius 1 is 1.19 bits per heavy atom. The van der Waals surface area contributed by atoms with Crippen molar-refractivity contribution in [3.05, 3.63) is 70.6 Å². The molecule has 1 aromatic carbocycles. The number of carbonyl (C=O) groups excluding carboxylic acids is 1. The second-order valence-electron chi connectivity index (χ2n) is 12.9. The molecular weight excluding hydrogens is 536 g/mol. The van der Waals surface area contributed by atoms with Crippen molar-refractivity contribution in [2.45, 2.75) is 75.8 Å². The van der Waals surface area contributed by atoms with Crippen LogP contribution in [-0.4, -0.2) is 49.6 Å². The topological polar surface area (TPSA) is 90.9 Å². The van der Waals surface area contributed by atoms with E-state index in [-0.39, 0.29) is 23.7 Å². The van der Waals surface area contributed by atoms with Crippen molar-refractivity contribution in [2.75, 3.05) is 18.0 Å². The van der Waals surface area contributed by atoms with Crippen LogP contribution in [0.2, 0.25) is 0 Å². The van der Waals surface area contributed by atoms with Gasteiger partial charge in [-0.1, -0.05) is 19.1 Å². The molecule has 1 amide bonds. The monoisotopic (exact) mass is 571 g/mol. The summed E-state index contributed by atoms with van der Waals surface area (Å²) in [5, 5.41) is 17.9. The van der Waals surface area contributed by atoms with Crippen LogP contribution >= 0.6 is 0 Å². The average Bonchev–Trinajstić information content (AvgIpc) is 3.64. The van der Waals surface area contributed by atoms with Crippen molar-refractivity contribution >= 4 is 11.6 Å². The van der Waals surface area contributed by atoms with Gasteiger partial charge in [0.25, 0.3) is 11.8 Å². The van der Waals surface area contributed by atoms with Gasteiger partial charge in [0.15, 0.2) is 0 Å². The zero-order valence-corrected chi connectivity index (χ0v) is 24.1. The highest BCUT2D eigenvalue weighted by Crippen LogP contribution is 2.50. The maximum absolute atomic E-state index is 14.1. The Balaban J connectivity index is 1.17. The van der Waals surface area contributed by atoms with Crippen LogP contribution < -0.4 is 4.90 Å². The second kappa shape index (κ2) is 9.94. The molecule has 7 rings (SSSR count). The zero-order valence-electron chi connectivity index (χ0n) is 24.1. The number of hydrogen-bond acceptors (Lipinski definition) is 6. The van der Waals surface area contributed by atoms with E-state index in [9.17, 15) is 18.8 Å². The minimum atomic E-state index is -2.63. The fraction of sp³-hybridized carbons (Fsp3) is 0.531. The van der Waals surface area contributed by atoms with Crippen LogP contribution in [0.1, 0.15) is 83.6 Å². The molecule has 8 nitrogen and oxygen atoms in total. The number of rotatable bonds is 7. The summed E-state index contributed by atoms with van der Waals surface area (Å²) in [5.41, 5.74) is 5.18. The van der Waals surface area contributed by atoms with Crippen molar-refractivity contribution in [1.29, 1.82) is 5.26 Å². The molecule has 218 valence electrons. The van der Waals surface area contributed by atoms with E-state index < -0.39 is 11.8 Å². The minimum Gasteiger partial charge on any atom is -0.321 e. The van der Waals surface area contributed by atoms with Crippen LogP contribution in [0.3, 0.4) is 0 Å². The van der Waals surface area contributed by atoms with Crippen molar-refractivity contribution in [1.82, 2.24) is 24.6 Å². The third-order valence-electron chi connectivity index (χ3n) is 9.89. The van der Waals surface area contributed by atoms with Gasteiger partial charge in [0.2, 0.25) is 0 Å². The van der Waals surface area contributed by atoms with Crippen molar-refractivity contribution in [3.63, 3.8) is 0 Å². The predicted octanol–water partition coefficient (Wildman–Crippen LogP) is 5.14. The molecular formula is C32H35F2N7O. The van der Waals surface area contributed by atoms with E-state index in [1.54, 1.807) is 13.3 Å². The highest BCUT2D eigenvalue weighted by Gasteiger charge is 2.47. The maximum atomic E-state index is 14.1. The molecule has 2 aromatic heterocycles. The van der Waals surface area contributed by atoms with Gasteiger partial charge in [0.1, 0.15) is 12.2 Å². The van der Waals surface area contributed by atoms with Gasteiger partial charge in [-0.15, -0.1) is 10.2 Å². The normalized spacial score (nSPS) is 27.0. The molecule has 3 fully saturated rings. The first-order valence-electron chi connectivity index (χ1n) is 14.9. The van der Waals surface area contributed by atoms with Gasteiger partial charge in [-0.25, -0.2) is 8.78 Å². The first-order valence-corrected chi connectivity index (χ1v) is 14.9. The third kappa shape index (κ3) is 4.68. The first-order chi connectivity index (χ1) is 20.2. The molecule has 0 spiro atoms. The van der Waals surface area contributed by atoms with Crippen LogP contribution in [0.5, 0.6) is 0 Å². The number of carbonyl (C=O) groups is 1. The standard InChI is InChI=1S/C32H35F2N7O/c1-20-16-40(9-8-32(20,33)34)17-24-11-26-27(29(37-24)22-6-7-22)18-41(30(26)42)25-5-3-4-23(10-25)31(12-21(13-31)15-35)14-28-38-36-19-39(28)2/h3-5,10-11,19-22H,6-9,12-14,16-18H2,1-2H3/t20-,21?,31?/m1/s1. The number of amides is 1. The molecule has 2 aliphatic heterocycles. The van der Waals surface area contributed by atoms with E-state index in [0.29, 0.717) is 44.1 Å². The highest BCUT2D eigenvalue weighted by atomic mass is 19.3. The maximum Gasteiger partial charge on any atom is 0.259 e. The first kappa shape index (κ1) is 27.1. The van der Waals surface area contributed by atoms with Crippen molar-refractivity contribution < 1.29 is 13.6 Å². The number of fused-ring (bicyclic) bond motifs is 1. The Morgan fingerprint density at radius 3 is 2.69 bits per heavy atom. The van der Waals surface area contributed by atoms with Gasteiger partial charge in [-0.3, -0.25) is 14.7 Å². The van der Waals surface area contributed by atoms with E-state index in [1.807, 2.05) is 39.6 Å². The molecule has 0 radical (unpaired) electrons. The van der Waals surface area contributed by atoms with Gasteiger partial charge >= 0.3 is 0 Å². The van der Waals surface area contributed by atoms with Crippen LogP contribution in [0, 0.1) is 23.2 Å². The van der Waals surface area contributed by atoms with Gasteiger partial charge in [0.05, 0.1) is 18.3 Å². The number of likely N-dealkylation sites (tertiary alicyclic amines) is 1. The predicted molar refractivity (Wildman–Crippen MR) is 152 cm³/mol.